The van der Waals surface area contributed by atoms with Crippen LogP contribution in [0.1, 0.15) is 56.3 Å². The van der Waals surface area contributed by atoms with E-state index in [2.05, 4.69) is 51.0 Å². The number of amides is 1. The van der Waals surface area contributed by atoms with Gasteiger partial charge in [-0.3, -0.25) is 4.79 Å². The molecule has 1 aromatic carbocycles. The van der Waals surface area contributed by atoms with Gasteiger partial charge >= 0.3 is 0 Å². The molecule has 0 radical (unpaired) electrons. The quantitative estimate of drug-likeness (QED) is 0.565. The van der Waals surface area contributed by atoms with Gasteiger partial charge in [0.2, 0.25) is 0 Å². The Bertz CT molecular complexity index is 412. The molecule has 1 N–H and O–H groups in total. The summed E-state index contributed by atoms with van der Waals surface area (Å²) in [5.74, 6) is 0.791. The average molecular weight is 405 g/mol. The summed E-state index contributed by atoms with van der Waals surface area (Å²) in [5, 5.41) is 2.97. The summed E-state index contributed by atoms with van der Waals surface area (Å²) in [6.45, 7) is 5.28. The number of carbonyl (C=O) groups excluding carboxylic acids is 1. The Morgan fingerprint density at radius 3 is 2.25 bits per heavy atom. The molecule has 2 nitrogen and oxygen atoms in total. The molecule has 0 spiro atoms. The van der Waals surface area contributed by atoms with E-state index in [0.717, 1.165) is 27.8 Å². The lowest BCUT2D eigenvalue weighted by Gasteiger charge is -2.07. The van der Waals surface area contributed by atoms with Gasteiger partial charge in [0.1, 0.15) is 0 Å². The molecule has 0 heterocycles. The Kier molecular flexibility index (Phi) is 8.46. The smallest absolute Gasteiger partial charge is 0.251 e. The summed E-state index contributed by atoms with van der Waals surface area (Å²) < 4.78 is 1.82. The van der Waals surface area contributed by atoms with Gasteiger partial charge in [0, 0.05) is 21.1 Å². The molecular formula is C16H23Br2NO. The van der Waals surface area contributed by atoms with Crippen LogP contribution in [0.3, 0.4) is 0 Å². The van der Waals surface area contributed by atoms with E-state index < -0.39 is 0 Å². The zero-order chi connectivity index (χ0) is 15.0. The Hall–Kier alpha value is -0.350. The monoisotopic (exact) mass is 403 g/mol. The predicted molar refractivity (Wildman–Crippen MR) is 92.1 cm³/mol. The van der Waals surface area contributed by atoms with Crippen LogP contribution < -0.4 is 5.32 Å². The van der Waals surface area contributed by atoms with Crippen LogP contribution in [-0.2, 0) is 0 Å². The van der Waals surface area contributed by atoms with Crippen molar-refractivity contribution in [2.24, 2.45) is 5.92 Å². The van der Waals surface area contributed by atoms with Crippen molar-refractivity contribution in [2.75, 3.05) is 6.54 Å². The predicted octanol–water partition coefficient (Wildman–Crippen LogP) is 5.55. The van der Waals surface area contributed by atoms with Crippen molar-refractivity contribution in [3.8, 4) is 0 Å². The standard InChI is InChI=1S/C16H23Br2NO/c1-12(2)7-5-3-4-6-8-19-16(20)13-9-14(17)11-15(18)10-13/h9-12H,3-8H2,1-2H3,(H,19,20). The molecule has 0 fully saturated rings. The van der Waals surface area contributed by atoms with Gasteiger partial charge in [0.25, 0.3) is 5.91 Å². The molecule has 112 valence electrons. The number of nitrogens with one attached hydrogen (secondary N) is 1. The van der Waals surface area contributed by atoms with Gasteiger partial charge < -0.3 is 5.32 Å². The van der Waals surface area contributed by atoms with Crippen LogP contribution in [0.2, 0.25) is 0 Å². The van der Waals surface area contributed by atoms with Crippen molar-refractivity contribution >= 4 is 37.8 Å². The highest BCUT2D eigenvalue weighted by molar-refractivity contribution is 9.11. The van der Waals surface area contributed by atoms with E-state index in [1.165, 1.54) is 25.7 Å². The zero-order valence-corrected chi connectivity index (χ0v) is 15.4. The molecule has 0 unspecified atom stereocenters. The fourth-order valence-electron chi connectivity index (χ4n) is 2.02. The molecule has 0 aromatic heterocycles. The molecule has 0 saturated heterocycles. The molecule has 4 heteroatoms. The SMILES string of the molecule is CC(C)CCCCCCNC(=O)c1cc(Br)cc(Br)c1. The molecule has 0 saturated carbocycles. The normalized spacial score (nSPS) is 10.8. The van der Waals surface area contributed by atoms with E-state index in [-0.39, 0.29) is 5.91 Å². The summed E-state index contributed by atoms with van der Waals surface area (Å²) >= 11 is 6.79. The fourth-order valence-corrected chi connectivity index (χ4v) is 3.31. The third-order valence-corrected chi connectivity index (χ3v) is 4.03. The van der Waals surface area contributed by atoms with Crippen LogP contribution in [0.25, 0.3) is 0 Å². The lowest BCUT2D eigenvalue weighted by molar-refractivity contribution is 0.0953. The Balaban J connectivity index is 2.20. The number of halogens is 2. The highest BCUT2D eigenvalue weighted by Gasteiger charge is 2.06. The van der Waals surface area contributed by atoms with Gasteiger partial charge in [-0.25, -0.2) is 0 Å². The molecule has 1 rings (SSSR count). The van der Waals surface area contributed by atoms with Crippen molar-refractivity contribution in [1.82, 2.24) is 5.32 Å². The van der Waals surface area contributed by atoms with E-state index >= 15 is 0 Å². The van der Waals surface area contributed by atoms with Gasteiger partial charge in [-0.05, 0) is 30.5 Å². The van der Waals surface area contributed by atoms with Gasteiger partial charge in [-0.15, -0.1) is 0 Å². The van der Waals surface area contributed by atoms with Crippen molar-refractivity contribution in [3.05, 3.63) is 32.7 Å². The molecule has 1 aromatic rings. The highest BCUT2D eigenvalue weighted by Crippen LogP contribution is 2.20. The summed E-state index contributed by atoms with van der Waals surface area (Å²) in [7, 11) is 0. The fraction of sp³-hybridized carbons (Fsp3) is 0.562. The first-order valence-electron chi connectivity index (χ1n) is 7.23. The van der Waals surface area contributed by atoms with Crippen LogP contribution in [0.5, 0.6) is 0 Å². The van der Waals surface area contributed by atoms with Gasteiger partial charge in [0.05, 0.1) is 0 Å². The largest absolute Gasteiger partial charge is 0.352 e. The number of unbranched alkanes of at least 4 members (excludes halogenated alkanes) is 3. The first kappa shape index (κ1) is 17.7. The van der Waals surface area contributed by atoms with Crippen LogP contribution in [-0.4, -0.2) is 12.5 Å². The molecule has 0 aliphatic rings. The van der Waals surface area contributed by atoms with Crippen molar-refractivity contribution < 1.29 is 4.79 Å². The van der Waals surface area contributed by atoms with Gasteiger partial charge in [-0.2, -0.15) is 0 Å². The lowest BCUT2D eigenvalue weighted by atomic mass is 10.0. The molecule has 0 aliphatic carbocycles. The number of benzene rings is 1. The second-order valence-corrected chi connectivity index (χ2v) is 7.34. The van der Waals surface area contributed by atoms with E-state index in [4.69, 9.17) is 0 Å². The Labute approximate surface area is 139 Å². The van der Waals surface area contributed by atoms with Crippen LogP contribution >= 0.6 is 31.9 Å². The van der Waals surface area contributed by atoms with E-state index in [0.29, 0.717) is 5.56 Å². The molecule has 0 aliphatic heterocycles. The summed E-state index contributed by atoms with van der Waals surface area (Å²) in [6.07, 6.45) is 6.10. The lowest BCUT2D eigenvalue weighted by Crippen LogP contribution is -2.24. The number of hydrogen-bond donors (Lipinski definition) is 1. The van der Waals surface area contributed by atoms with Gasteiger partial charge in [0.15, 0.2) is 0 Å². The van der Waals surface area contributed by atoms with Crippen LogP contribution in [0.15, 0.2) is 27.1 Å². The average Bonchev–Trinajstić information content (AvgIpc) is 2.35. The minimum Gasteiger partial charge on any atom is -0.352 e. The zero-order valence-electron chi connectivity index (χ0n) is 12.2. The third kappa shape index (κ3) is 7.44. The number of rotatable bonds is 8. The van der Waals surface area contributed by atoms with Gasteiger partial charge in [-0.1, -0.05) is 71.4 Å². The third-order valence-electron chi connectivity index (χ3n) is 3.12. The van der Waals surface area contributed by atoms with Crippen molar-refractivity contribution in [2.45, 2.75) is 46.0 Å². The molecule has 0 bridgehead atoms. The maximum Gasteiger partial charge on any atom is 0.251 e. The second-order valence-electron chi connectivity index (χ2n) is 5.51. The first-order valence-corrected chi connectivity index (χ1v) is 8.82. The highest BCUT2D eigenvalue weighted by atomic mass is 79.9. The molecule has 0 atom stereocenters. The van der Waals surface area contributed by atoms with E-state index in [9.17, 15) is 4.79 Å². The minimum absolute atomic E-state index is 0.00539. The molecular weight excluding hydrogens is 382 g/mol. The topological polar surface area (TPSA) is 29.1 Å². The number of carbonyl (C=O) groups is 1. The minimum atomic E-state index is -0.00539. The summed E-state index contributed by atoms with van der Waals surface area (Å²) in [4.78, 5) is 12.0. The first-order chi connectivity index (χ1) is 9.49. The maximum atomic E-state index is 12.0. The Morgan fingerprint density at radius 2 is 1.65 bits per heavy atom. The molecule has 1 amide bonds. The van der Waals surface area contributed by atoms with E-state index in [1.807, 2.05) is 18.2 Å². The Morgan fingerprint density at radius 1 is 1.05 bits per heavy atom. The van der Waals surface area contributed by atoms with Crippen molar-refractivity contribution in [3.63, 3.8) is 0 Å². The maximum absolute atomic E-state index is 12.0. The molecule has 20 heavy (non-hydrogen) atoms. The van der Waals surface area contributed by atoms with Crippen molar-refractivity contribution in [1.29, 1.82) is 0 Å². The second kappa shape index (κ2) is 9.56. The van der Waals surface area contributed by atoms with Crippen LogP contribution in [0.4, 0.5) is 0 Å². The summed E-state index contributed by atoms with van der Waals surface area (Å²) in [5.41, 5.74) is 0.686. The van der Waals surface area contributed by atoms with Crippen LogP contribution in [0, 0.1) is 5.92 Å². The summed E-state index contributed by atoms with van der Waals surface area (Å²) in [6, 6.07) is 5.59. The van der Waals surface area contributed by atoms with E-state index in [1.54, 1.807) is 0 Å². The number of hydrogen-bond acceptors (Lipinski definition) is 1.